The quantitative estimate of drug-likeness (QED) is 0.179. The molecule has 5 aromatic heterocycles. The van der Waals surface area contributed by atoms with Gasteiger partial charge in [-0.25, -0.2) is 15.0 Å². The van der Waals surface area contributed by atoms with E-state index >= 15 is 0 Å². The summed E-state index contributed by atoms with van der Waals surface area (Å²) in [5, 5.41) is 20.1. The summed E-state index contributed by atoms with van der Waals surface area (Å²) >= 11 is 0. The van der Waals surface area contributed by atoms with Crippen molar-refractivity contribution >= 4 is 81.8 Å². The number of hydrogen-bond acceptors (Lipinski definition) is 5. The molecule has 0 bridgehead atoms. The van der Waals surface area contributed by atoms with Crippen molar-refractivity contribution in [3.63, 3.8) is 0 Å². The average Bonchev–Trinajstić information content (AvgIpc) is 4.05. The van der Waals surface area contributed by atoms with E-state index in [4.69, 9.17) is 19.4 Å². The molecule has 0 atom stereocenters. The molecule has 0 amide bonds. The molecule has 0 aliphatic carbocycles. The van der Waals surface area contributed by atoms with E-state index in [0.29, 0.717) is 39.8 Å². The van der Waals surface area contributed by atoms with Gasteiger partial charge in [-0.05, 0) is 36.4 Å². The monoisotopic (exact) mass is 752 g/mol. The van der Waals surface area contributed by atoms with Gasteiger partial charge in [0, 0.05) is 48.8 Å². The van der Waals surface area contributed by atoms with E-state index in [0.717, 1.165) is 54.9 Å². The molecule has 7 heteroatoms. The lowest BCUT2D eigenvalue weighted by molar-refractivity contribution is 0.669. The number of furan rings is 1. The van der Waals surface area contributed by atoms with Crippen LogP contribution < -0.4 is 0 Å². The van der Waals surface area contributed by atoms with Crippen molar-refractivity contribution in [1.82, 2.24) is 23.9 Å². The molecule has 13 rings (SSSR count). The van der Waals surface area contributed by atoms with Crippen LogP contribution in [-0.2, 0) is 0 Å². The molecular weight excluding hydrogens is 725 g/mol. The summed E-state index contributed by atoms with van der Waals surface area (Å²) in [5.74, 6) is 1.49. The molecule has 0 radical (unpaired) electrons. The smallest absolute Gasteiger partial charge is 0.167 e. The first kappa shape index (κ1) is 31.8. The summed E-state index contributed by atoms with van der Waals surface area (Å²) in [6.45, 7) is 0. The van der Waals surface area contributed by atoms with E-state index in [-0.39, 0.29) is 0 Å². The Morgan fingerprint density at radius 2 is 1.03 bits per heavy atom. The van der Waals surface area contributed by atoms with E-state index in [1.807, 2.05) is 84.9 Å². The zero-order valence-electron chi connectivity index (χ0n) is 31.3. The van der Waals surface area contributed by atoms with Gasteiger partial charge in [0.15, 0.2) is 17.5 Å². The van der Waals surface area contributed by atoms with Gasteiger partial charge in [0.2, 0.25) is 0 Å². The number of para-hydroxylation sites is 4. The second-order valence-electron chi connectivity index (χ2n) is 15.0. The van der Waals surface area contributed by atoms with Crippen molar-refractivity contribution in [2.45, 2.75) is 0 Å². The maximum Gasteiger partial charge on any atom is 0.167 e. The van der Waals surface area contributed by atoms with Crippen LogP contribution in [0.5, 0.6) is 0 Å². The van der Waals surface area contributed by atoms with Crippen LogP contribution in [0.3, 0.4) is 0 Å². The third-order valence-corrected chi connectivity index (χ3v) is 11.9. The van der Waals surface area contributed by atoms with Gasteiger partial charge in [0.05, 0.1) is 49.8 Å². The Kier molecular flexibility index (Phi) is 6.38. The number of nitriles is 1. The number of nitrogens with zero attached hydrogens (tertiary/aromatic N) is 6. The fourth-order valence-electron chi connectivity index (χ4n) is 9.52. The predicted octanol–water partition coefficient (Wildman–Crippen LogP) is 12.9. The molecule has 13 aromatic rings. The second kappa shape index (κ2) is 11.8. The maximum atomic E-state index is 11.3. The standard InChI is InChI=1S/C52H28N6O/c53-29-32-28-38(52-55-50(30-14-3-1-4-15-30)54-51(56-52)31-16-5-2-6-17-31)49-46(36-20-9-12-25-43(36)59-49)47(32)57-40-24-11-8-19-35(40)44-41(57)26-27-42-45(44)37-22-13-21-34-33-18-7-10-23-39(33)58(42)48(34)37/h1-28H. The van der Waals surface area contributed by atoms with Gasteiger partial charge in [-0.15, -0.1) is 0 Å². The lowest BCUT2D eigenvalue weighted by atomic mass is 10.0. The molecule has 0 aliphatic heterocycles. The van der Waals surface area contributed by atoms with E-state index in [1.165, 1.54) is 32.6 Å². The Morgan fingerprint density at radius 1 is 0.458 bits per heavy atom. The van der Waals surface area contributed by atoms with Gasteiger partial charge in [-0.1, -0.05) is 133 Å². The van der Waals surface area contributed by atoms with E-state index in [1.54, 1.807) is 0 Å². The highest BCUT2D eigenvalue weighted by Gasteiger charge is 2.28. The molecule has 0 N–H and O–H groups in total. The molecule has 272 valence electrons. The third-order valence-electron chi connectivity index (χ3n) is 11.9. The lowest BCUT2D eigenvalue weighted by Gasteiger charge is -2.14. The normalized spacial score (nSPS) is 12.1. The van der Waals surface area contributed by atoms with Crippen molar-refractivity contribution in [3.8, 4) is 45.9 Å². The predicted molar refractivity (Wildman–Crippen MR) is 237 cm³/mol. The fraction of sp³-hybridized carbons (Fsp3) is 0. The van der Waals surface area contributed by atoms with Crippen LogP contribution in [-0.4, -0.2) is 23.9 Å². The summed E-state index contributed by atoms with van der Waals surface area (Å²) in [6, 6.07) is 60.6. The first-order valence-electron chi connectivity index (χ1n) is 19.6. The summed E-state index contributed by atoms with van der Waals surface area (Å²) in [7, 11) is 0. The molecule has 8 aromatic carbocycles. The largest absolute Gasteiger partial charge is 0.455 e. The summed E-state index contributed by atoms with van der Waals surface area (Å²) in [5.41, 5.74) is 10.4. The summed E-state index contributed by atoms with van der Waals surface area (Å²) in [4.78, 5) is 15.1. The van der Waals surface area contributed by atoms with Crippen molar-refractivity contribution < 1.29 is 4.42 Å². The highest BCUT2D eigenvalue weighted by molar-refractivity contribution is 6.33. The fourth-order valence-corrected chi connectivity index (χ4v) is 9.52. The number of rotatable bonds is 4. The van der Waals surface area contributed by atoms with Gasteiger partial charge in [-0.3, -0.25) is 0 Å². The van der Waals surface area contributed by atoms with Crippen LogP contribution >= 0.6 is 0 Å². The van der Waals surface area contributed by atoms with Gasteiger partial charge in [0.25, 0.3) is 0 Å². The Labute approximate surface area is 335 Å². The zero-order chi connectivity index (χ0) is 38.8. The Morgan fingerprint density at radius 3 is 1.78 bits per heavy atom. The second-order valence-corrected chi connectivity index (χ2v) is 15.0. The molecule has 0 aliphatic rings. The molecule has 0 fully saturated rings. The maximum absolute atomic E-state index is 11.3. The van der Waals surface area contributed by atoms with Crippen molar-refractivity contribution in [3.05, 3.63) is 175 Å². The summed E-state index contributed by atoms with van der Waals surface area (Å²) in [6.07, 6.45) is 0. The topological polar surface area (TPSA) is 84.9 Å². The molecule has 0 spiro atoms. The molecule has 0 unspecified atom stereocenters. The molecule has 5 heterocycles. The van der Waals surface area contributed by atoms with E-state index in [9.17, 15) is 5.26 Å². The van der Waals surface area contributed by atoms with E-state index in [2.05, 4.69) is 100.0 Å². The Bertz CT molecular complexity index is 3850. The van der Waals surface area contributed by atoms with Gasteiger partial charge < -0.3 is 13.4 Å². The van der Waals surface area contributed by atoms with Crippen molar-refractivity contribution in [2.24, 2.45) is 0 Å². The number of aromatic nitrogens is 5. The van der Waals surface area contributed by atoms with Crippen LogP contribution in [0.25, 0.3) is 122 Å². The number of fused-ring (bicyclic) bond motifs is 13. The van der Waals surface area contributed by atoms with Gasteiger partial charge in [0.1, 0.15) is 17.2 Å². The van der Waals surface area contributed by atoms with Gasteiger partial charge in [-0.2, -0.15) is 5.26 Å². The van der Waals surface area contributed by atoms with Crippen LogP contribution in [0, 0.1) is 11.3 Å². The lowest BCUT2D eigenvalue weighted by Crippen LogP contribution is -2.03. The first-order chi connectivity index (χ1) is 29.2. The zero-order valence-corrected chi connectivity index (χ0v) is 31.3. The number of benzene rings is 8. The summed E-state index contributed by atoms with van der Waals surface area (Å²) < 4.78 is 11.5. The first-order valence-corrected chi connectivity index (χ1v) is 19.6. The number of hydrogen-bond donors (Lipinski definition) is 0. The SMILES string of the molecule is N#Cc1cc(-c2nc(-c3ccccc3)nc(-c3ccccc3)n2)c2oc3ccccc3c2c1-n1c2ccccc2c2c3c4cccc5c6ccccc6n(c3ccc21)c54. The van der Waals surface area contributed by atoms with Crippen molar-refractivity contribution in [2.75, 3.05) is 0 Å². The molecule has 0 saturated heterocycles. The molecule has 59 heavy (non-hydrogen) atoms. The minimum atomic E-state index is 0.423. The van der Waals surface area contributed by atoms with E-state index < -0.39 is 0 Å². The van der Waals surface area contributed by atoms with Crippen LogP contribution in [0.4, 0.5) is 0 Å². The minimum absolute atomic E-state index is 0.423. The highest BCUT2D eigenvalue weighted by Crippen LogP contribution is 2.48. The molecule has 7 nitrogen and oxygen atoms in total. The van der Waals surface area contributed by atoms with Crippen LogP contribution in [0.1, 0.15) is 5.56 Å². The van der Waals surface area contributed by atoms with Gasteiger partial charge >= 0.3 is 0 Å². The Hall–Kier alpha value is -8.34. The van der Waals surface area contributed by atoms with Crippen LogP contribution in [0.2, 0.25) is 0 Å². The molecular formula is C52H28N6O. The minimum Gasteiger partial charge on any atom is -0.455 e. The molecule has 0 saturated carbocycles. The van der Waals surface area contributed by atoms with Crippen molar-refractivity contribution in [1.29, 1.82) is 5.26 Å². The highest BCUT2D eigenvalue weighted by atomic mass is 16.3. The Balaban J connectivity index is 1.16. The third kappa shape index (κ3) is 4.32. The van der Waals surface area contributed by atoms with Crippen LogP contribution in [0.15, 0.2) is 174 Å². The average molecular weight is 753 g/mol.